The molecule has 7 nitrogen and oxygen atoms in total. The maximum atomic E-state index is 12.9. The normalized spacial score (nSPS) is 17.1. The Labute approximate surface area is 216 Å². The topological polar surface area (TPSA) is 75.1 Å². The van der Waals surface area contributed by atoms with Gasteiger partial charge in [0.05, 0.1) is 29.7 Å². The smallest absolute Gasteiger partial charge is 0.226 e. The highest BCUT2D eigenvalue weighted by atomic mass is 32.1. The molecule has 0 spiro atoms. The second-order valence-corrected chi connectivity index (χ2v) is 9.03. The van der Waals surface area contributed by atoms with Crippen molar-refractivity contribution in [1.82, 2.24) is 24.8 Å². The van der Waals surface area contributed by atoms with Gasteiger partial charge in [0, 0.05) is 42.9 Å². The molecule has 3 aromatic heterocycles. The largest absolute Gasteiger partial charge is 0.352 e. The van der Waals surface area contributed by atoms with E-state index in [2.05, 4.69) is 43.1 Å². The van der Waals surface area contributed by atoms with Crippen LogP contribution < -0.4 is 10.6 Å². The minimum absolute atomic E-state index is 0.0404. The molecular formula is C28H28N6OS. The molecule has 0 aliphatic carbocycles. The van der Waals surface area contributed by atoms with Crippen molar-refractivity contribution in [2.24, 2.45) is 0 Å². The number of nitrogens with zero attached hydrogens (tertiary/aromatic N) is 4. The number of hydrogen-bond acceptors (Lipinski definition) is 4. The molecule has 1 fully saturated rings. The van der Waals surface area contributed by atoms with Gasteiger partial charge in [0.25, 0.3) is 0 Å². The Morgan fingerprint density at radius 1 is 1.06 bits per heavy atom. The van der Waals surface area contributed by atoms with Crippen LogP contribution in [0.4, 0.5) is 5.69 Å². The highest BCUT2D eigenvalue weighted by molar-refractivity contribution is 7.80. The number of aryl methyl sites for hydroxylation is 1. The Morgan fingerprint density at radius 2 is 1.92 bits per heavy atom. The quantitative estimate of drug-likeness (QED) is 0.340. The second kappa shape index (κ2) is 10.7. The van der Waals surface area contributed by atoms with Crippen LogP contribution in [0.1, 0.15) is 42.4 Å². The van der Waals surface area contributed by atoms with Gasteiger partial charge in [0.2, 0.25) is 5.91 Å². The molecule has 1 aliphatic rings. The van der Waals surface area contributed by atoms with Crippen LogP contribution in [0, 0.1) is 0 Å². The monoisotopic (exact) mass is 496 g/mol. The molecule has 0 unspecified atom stereocenters. The van der Waals surface area contributed by atoms with Crippen LogP contribution in [0.25, 0.3) is 5.69 Å². The lowest BCUT2D eigenvalue weighted by Gasteiger charge is -2.28. The maximum absolute atomic E-state index is 12.9. The number of amides is 1. The maximum Gasteiger partial charge on any atom is 0.226 e. The second-order valence-electron chi connectivity index (χ2n) is 8.64. The summed E-state index contributed by atoms with van der Waals surface area (Å²) in [6, 6.07) is 21.5. The molecule has 8 heteroatoms. The summed E-state index contributed by atoms with van der Waals surface area (Å²) in [6.07, 6.45) is 8.57. The summed E-state index contributed by atoms with van der Waals surface area (Å²) in [7, 11) is 0. The van der Waals surface area contributed by atoms with Crippen LogP contribution in [-0.4, -0.2) is 37.0 Å². The van der Waals surface area contributed by atoms with Crippen LogP contribution in [0.3, 0.4) is 0 Å². The fourth-order valence-electron chi connectivity index (χ4n) is 4.72. The first-order chi connectivity index (χ1) is 17.7. The molecule has 5 rings (SSSR count). The number of thiocarbonyl (C=S) groups is 1. The molecule has 2 atom stereocenters. The standard InChI is InChI=1S/C28H28N6OS/c1-2-20-9-3-4-11-22(20)31-25(35)14-18-34-27(26(32-28(34)36)23-12-5-6-16-30-23)24-13-8-17-33(24)21-10-7-15-29-19-21/h3-13,15-17,19,26-27H,2,14,18H2,1H3,(H,31,35)(H,32,36)/t26-,27+/m1/s1. The Hall–Kier alpha value is -4.04. The number of pyridine rings is 2. The third kappa shape index (κ3) is 4.85. The SMILES string of the molecule is CCc1ccccc1NC(=O)CCN1C(=S)N[C@H](c2ccccn2)[C@@H]1c1cccn1-c1cccnc1. The summed E-state index contributed by atoms with van der Waals surface area (Å²) in [4.78, 5) is 24.0. The van der Waals surface area contributed by atoms with E-state index in [1.807, 2.05) is 73.1 Å². The molecule has 1 aromatic carbocycles. The first kappa shape index (κ1) is 23.7. The number of para-hydroxylation sites is 1. The van der Waals surface area contributed by atoms with Gasteiger partial charge in [-0.1, -0.05) is 31.2 Å². The van der Waals surface area contributed by atoms with Crippen molar-refractivity contribution in [2.75, 3.05) is 11.9 Å². The fourth-order valence-corrected chi connectivity index (χ4v) is 5.05. The van der Waals surface area contributed by atoms with Crippen molar-refractivity contribution < 1.29 is 4.79 Å². The number of hydrogen-bond donors (Lipinski definition) is 2. The number of carbonyl (C=O) groups excluding carboxylic acids is 1. The molecule has 1 saturated heterocycles. The molecule has 0 radical (unpaired) electrons. The lowest BCUT2D eigenvalue weighted by molar-refractivity contribution is -0.116. The predicted molar refractivity (Wildman–Crippen MR) is 145 cm³/mol. The zero-order valence-electron chi connectivity index (χ0n) is 20.0. The molecule has 1 amide bonds. The van der Waals surface area contributed by atoms with E-state index in [1.165, 1.54) is 0 Å². The van der Waals surface area contributed by atoms with E-state index in [9.17, 15) is 4.79 Å². The average Bonchev–Trinajstić information content (AvgIpc) is 3.53. The first-order valence-corrected chi connectivity index (χ1v) is 12.5. The van der Waals surface area contributed by atoms with Gasteiger partial charge in [0.15, 0.2) is 5.11 Å². The zero-order chi connectivity index (χ0) is 24.9. The molecule has 36 heavy (non-hydrogen) atoms. The molecule has 2 N–H and O–H groups in total. The lowest BCUT2D eigenvalue weighted by atomic mass is 10.0. The Balaban J connectivity index is 1.43. The first-order valence-electron chi connectivity index (χ1n) is 12.1. The van der Waals surface area contributed by atoms with Crippen LogP contribution in [-0.2, 0) is 11.2 Å². The molecular weight excluding hydrogens is 468 g/mol. The predicted octanol–water partition coefficient (Wildman–Crippen LogP) is 4.83. The van der Waals surface area contributed by atoms with Crippen molar-refractivity contribution in [3.05, 3.63) is 108 Å². The highest BCUT2D eigenvalue weighted by Gasteiger charge is 2.41. The van der Waals surface area contributed by atoms with Crippen molar-refractivity contribution in [3.63, 3.8) is 0 Å². The molecule has 1 aliphatic heterocycles. The number of aromatic nitrogens is 3. The molecule has 0 saturated carbocycles. The van der Waals surface area contributed by atoms with Crippen LogP contribution in [0.2, 0.25) is 0 Å². The third-order valence-corrected chi connectivity index (χ3v) is 6.81. The lowest BCUT2D eigenvalue weighted by Crippen LogP contribution is -2.33. The van der Waals surface area contributed by atoms with Gasteiger partial charge in [-0.05, 0) is 66.7 Å². The average molecular weight is 497 g/mol. The summed E-state index contributed by atoms with van der Waals surface area (Å²) in [5, 5.41) is 7.15. The van der Waals surface area contributed by atoms with Crippen LogP contribution in [0.15, 0.2) is 91.5 Å². The van der Waals surface area contributed by atoms with E-state index in [0.717, 1.165) is 34.7 Å². The molecule has 4 aromatic rings. The fraction of sp³-hybridized carbons (Fsp3) is 0.214. The van der Waals surface area contributed by atoms with Gasteiger partial charge in [0.1, 0.15) is 0 Å². The van der Waals surface area contributed by atoms with E-state index in [1.54, 1.807) is 12.4 Å². The summed E-state index contributed by atoms with van der Waals surface area (Å²) >= 11 is 5.78. The van der Waals surface area contributed by atoms with E-state index in [-0.39, 0.29) is 18.0 Å². The summed E-state index contributed by atoms with van der Waals surface area (Å²) in [5.41, 5.74) is 4.88. The van der Waals surface area contributed by atoms with Crippen molar-refractivity contribution in [1.29, 1.82) is 0 Å². The van der Waals surface area contributed by atoms with E-state index in [0.29, 0.717) is 18.1 Å². The van der Waals surface area contributed by atoms with Gasteiger partial charge in [-0.25, -0.2) is 0 Å². The minimum Gasteiger partial charge on any atom is -0.352 e. The van der Waals surface area contributed by atoms with Crippen molar-refractivity contribution in [2.45, 2.75) is 31.8 Å². The number of carbonyl (C=O) groups is 1. The van der Waals surface area contributed by atoms with Crippen LogP contribution >= 0.6 is 12.2 Å². The highest BCUT2D eigenvalue weighted by Crippen LogP contribution is 2.39. The molecule has 182 valence electrons. The minimum atomic E-state index is -0.159. The van der Waals surface area contributed by atoms with E-state index in [4.69, 9.17) is 12.2 Å². The van der Waals surface area contributed by atoms with Crippen molar-refractivity contribution >= 4 is 28.9 Å². The summed E-state index contributed by atoms with van der Waals surface area (Å²) in [6.45, 7) is 2.55. The number of rotatable bonds is 8. The number of anilines is 1. The number of benzene rings is 1. The number of nitrogens with one attached hydrogen (secondary N) is 2. The Bertz CT molecular complexity index is 1340. The molecule has 4 heterocycles. The van der Waals surface area contributed by atoms with Gasteiger partial charge in [-0.2, -0.15) is 0 Å². The van der Waals surface area contributed by atoms with Crippen molar-refractivity contribution in [3.8, 4) is 5.69 Å². The Morgan fingerprint density at radius 3 is 2.69 bits per heavy atom. The van der Waals surface area contributed by atoms with Gasteiger partial charge in [-0.15, -0.1) is 0 Å². The molecule has 0 bridgehead atoms. The van der Waals surface area contributed by atoms with Gasteiger partial charge < -0.3 is 20.1 Å². The summed E-state index contributed by atoms with van der Waals surface area (Å²) in [5.74, 6) is -0.0404. The van der Waals surface area contributed by atoms with E-state index < -0.39 is 0 Å². The van der Waals surface area contributed by atoms with Gasteiger partial charge in [-0.3, -0.25) is 14.8 Å². The van der Waals surface area contributed by atoms with E-state index >= 15 is 0 Å². The van der Waals surface area contributed by atoms with Crippen LogP contribution in [0.5, 0.6) is 0 Å². The zero-order valence-corrected chi connectivity index (χ0v) is 20.9. The van der Waals surface area contributed by atoms with Gasteiger partial charge >= 0.3 is 0 Å². The third-order valence-electron chi connectivity index (χ3n) is 6.46. The summed E-state index contributed by atoms with van der Waals surface area (Å²) < 4.78 is 2.12. The Kier molecular flexibility index (Phi) is 7.04.